The lowest BCUT2D eigenvalue weighted by atomic mass is 10.0. The molecule has 0 bridgehead atoms. The van der Waals surface area contributed by atoms with Gasteiger partial charge in [-0.2, -0.15) is 0 Å². The summed E-state index contributed by atoms with van der Waals surface area (Å²) in [5.74, 6) is 0.197. The van der Waals surface area contributed by atoms with Gasteiger partial charge in [0.05, 0.1) is 5.92 Å². The number of rotatable bonds is 7. The molecule has 24 heavy (non-hydrogen) atoms. The zero-order chi connectivity index (χ0) is 16.8. The first-order chi connectivity index (χ1) is 11.0. The number of nitrogens with one attached hydrogen (secondary N) is 1. The van der Waals surface area contributed by atoms with Crippen LogP contribution in [0.25, 0.3) is 0 Å². The second-order valence-corrected chi connectivity index (χ2v) is 6.73. The molecular weight excluding hydrogens is 326 g/mol. The highest BCUT2D eigenvalue weighted by Gasteiger charge is 2.34. The molecule has 0 aromatic heterocycles. The molecule has 6 heteroatoms. The van der Waals surface area contributed by atoms with Crippen LogP contribution in [-0.2, 0) is 16.1 Å². The Kier molecular flexibility index (Phi) is 8.22. The molecule has 1 aliphatic rings. The van der Waals surface area contributed by atoms with Gasteiger partial charge in [0.1, 0.15) is 0 Å². The van der Waals surface area contributed by atoms with Crippen molar-refractivity contribution in [2.45, 2.75) is 39.3 Å². The number of nitrogens with zero attached hydrogens (tertiary/aromatic N) is 1. The second-order valence-electron chi connectivity index (χ2n) is 6.73. The van der Waals surface area contributed by atoms with E-state index in [-0.39, 0.29) is 42.6 Å². The van der Waals surface area contributed by atoms with E-state index in [4.69, 9.17) is 5.73 Å². The largest absolute Gasteiger partial charge is 0.352 e. The van der Waals surface area contributed by atoms with Crippen molar-refractivity contribution in [1.29, 1.82) is 0 Å². The smallest absolute Gasteiger partial charge is 0.225 e. The summed E-state index contributed by atoms with van der Waals surface area (Å²) in [5.41, 5.74) is 6.82. The van der Waals surface area contributed by atoms with Gasteiger partial charge in [-0.1, -0.05) is 44.2 Å². The van der Waals surface area contributed by atoms with Gasteiger partial charge in [0.15, 0.2) is 0 Å². The van der Waals surface area contributed by atoms with Crippen LogP contribution in [0.4, 0.5) is 0 Å². The molecule has 1 saturated heterocycles. The molecule has 1 fully saturated rings. The van der Waals surface area contributed by atoms with E-state index in [1.54, 1.807) is 4.90 Å². The lowest BCUT2D eigenvalue weighted by molar-refractivity contribution is -0.129. The van der Waals surface area contributed by atoms with E-state index in [0.29, 0.717) is 25.6 Å². The van der Waals surface area contributed by atoms with Crippen molar-refractivity contribution in [3.8, 4) is 0 Å². The molecule has 2 unspecified atom stereocenters. The van der Waals surface area contributed by atoms with Gasteiger partial charge < -0.3 is 16.0 Å². The predicted octanol–water partition coefficient (Wildman–Crippen LogP) is 1.95. The minimum absolute atomic E-state index is 0. The minimum Gasteiger partial charge on any atom is -0.352 e. The number of benzene rings is 1. The summed E-state index contributed by atoms with van der Waals surface area (Å²) in [6.07, 6.45) is 1.15. The first kappa shape index (κ1) is 20.5. The monoisotopic (exact) mass is 353 g/mol. The minimum atomic E-state index is -0.271. The Balaban J connectivity index is 0.00000288. The number of hydrogen-bond acceptors (Lipinski definition) is 3. The average Bonchev–Trinajstić information content (AvgIpc) is 2.88. The van der Waals surface area contributed by atoms with Crippen LogP contribution < -0.4 is 11.1 Å². The third-order valence-corrected chi connectivity index (χ3v) is 4.19. The van der Waals surface area contributed by atoms with Crippen molar-refractivity contribution in [2.75, 3.05) is 13.1 Å². The molecule has 3 N–H and O–H groups in total. The number of hydrogen-bond donors (Lipinski definition) is 2. The number of carbonyl (C=O) groups excluding carboxylic acids is 2. The van der Waals surface area contributed by atoms with Gasteiger partial charge in [0, 0.05) is 32.1 Å². The maximum atomic E-state index is 12.4. The molecule has 2 atom stereocenters. The van der Waals surface area contributed by atoms with E-state index in [0.717, 1.165) is 12.0 Å². The first-order valence-corrected chi connectivity index (χ1v) is 8.31. The molecule has 1 aromatic rings. The van der Waals surface area contributed by atoms with Crippen molar-refractivity contribution in [2.24, 2.45) is 17.6 Å². The average molecular weight is 354 g/mol. The Hall–Kier alpha value is -1.59. The maximum Gasteiger partial charge on any atom is 0.225 e. The zero-order valence-corrected chi connectivity index (χ0v) is 15.2. The number of likely N-dealkylation sites (tertiary alicyclic amines) is 1. The van der Waals surface area contributed by atoms with E-state index in [2.05, 4.69) is 19.2 Å². The van der Waals surface area contributed by atoms with E-state index in [9.17, 15) is 9.59 Å². The van der Waals surface area contributed by atoms with Gasteiger partial charge in [0.2, 0.25) is 11.8 Å². The van der Waals surface area contributed by atoms with E-state index >= 15 is 0 Å². The fraction of sp³-hybridized carbons (Fsp3) is 0.556. The van der Waals surface area contributed by atoms with Gasteiger partial charge in [0.25, 0.3) is 0 Å². The molecule has 0 radical (unpaired) electrons. The van der Waals surface area contributed by atoms with Crippen LogP contribution >= 0.6 is 12.4 Å². The summed E-state index contributed by atoms with van der Waals surface area (Å²) in [6.45, 7) is 5.69. The summed E-state index contributed by atoms with van der Waals surface area (Å²) in [4.78, 5) is 26.3. The number of halogens is 1. The van der Waals surface area contributed by atoms with E-state index in [1.807, 2.05) is 30.3 Å². The predicted molar refractivity (Wildman–Crippen MR) is 97.7 cm³/mol. The Bertz CT molecular complexity index is 536. The number of amides is 2. The quantitative estimate of drug-likeness (QED) is 0.786. The molecule has 0 aliphatic carbocycles. The standard InChI is InChI=1S/C18H27N3O2.ClH/c1-13(2)8-16(10-19)20-18(23)15-9-17(22)21(12-15)11-14-6-4-3-5-7-14;/h3-7,13,15-16H,8-12,19H2,1-2H3,(H,20,23);1H. The summed E-state index contributed by atoms with van der Waals surface area (Å²) in [7, 11) is 0. The fourth-order valence-corrected chi connectivity index (χ4v) is 3.01. The molecule has 134 valence electrons. The highest BCUT2D eigenvalue weighted by molar-refractivity contribution is 5.89. The summed E-state index contributed by atoms with van der Waals surface area (Å²) in [5, 5.41) is 3.00. The Morgan fingerprint density at radius 2 is 2.00 bits per heavy atom. The van der Waals surface area contributed by atoms with Crippen LogP contribution in [0, 0.1) is 11.8 Å². The highest BCUT2D eigenvalue weighted by atomic mass is 35.5. The molecular formula is C18H28ClN3O2. The number of nitrogens with two attached hydrogens (primary N) is 1. The van der Waals surface area contributed by atoms with Gasteiger partial charge in [-0.3, -0.25) is 9.59 Å². The van der Waals surface area contributed by atoms with Crippen molar-refractivity contribution < 1.29 is 9.59 Å². The van der Waals surface area contributed by atoms with Crippen molar-refractivity contribution in [1.82, 2.24) is 10.2 Å². The molecule has 0 spiro atoms. The first-order valence-electron chi connectivity index (χ1n) is 8.31. The third-order valence-electron chi connectivity index (χ3n) is 4.19. The summed E-state index contributed by atoms with van der Waals surface area (Å²) >= 11 is 0. The van der Waals surface area contributed by atoms with Crippen molar-refractivity contribution >= 4 is 24.2 Å². The Morgan fingerprint density at radius 3 is 2.58 bits per heavy atom. The molecule has 0 saturated carbocycles. The van der Waals surface area contributed by atoms with Crippen LogP contribution in [0.3, 0.4) is 0 Å². The van der Waals surface area contributed by atoms with Gasteiger partial charge in [-0.25, -0.2) is 0 Å². The second kappa shape index (κ2) is 9.64. The summed E-state index contributed by atoms with van der Waals surface area (Å²) in [6, 6.07) is 9.84. The molecule has 2 amide bonds. The van der Waals surface area contributed by atoms with Crippen molar-refractivity contribution in [3.05, 3.63) is 35.9 Å². The molecule has 1 heterocycles. The van der Waals surface area contributed by atoms with Crippen LogP contribution in [0.5, 0.6) is 0 Å². The lowest BCUT2D eigenvalue weighted by Gasteiger charge is -2.21. The van der Waals surface area contributed by atoms with E-state index in [1.165, 1.54) is 0 Å². The summed E-state index contributed by atoms with van der Waals surface area (Å²) < 4.78 is 0. The van der Waals surface area contributed by atoms with Gasteiger partial charge in [-0.05, 0) is 17.9 Å². The highest BCUT2D eigenvalue weighted by Crippen LogP contribution is 2.20. The maximum absolute atomic E-state index is 12.4. The number of carbonyl (C=O) groups is 2. The SMILES string of the molecule is CC(C)CC(CN)NC(=O)C1CC(=O)N(Cc2ccccc2)C1.Cl. The van der Waals surface area contributed by atoms with Crippen molar-refractivity contribution in [3.63, 3.8) is 0 Å². The molecule has 1 aliphatic heterocycles. The van der Waals surface area contributed by atoms with Gasteiger partial charge in [-0.15, -0.1) is 12.4 Å². The van der Waals surface area contributed by atoms with Crippen LogP contribution in [0.2, 0.25) is 0 Å². The lowest BCUT2D eigenvalue weighted by Crippen LogP contribution is -2.44. The molecule has 5 nitrogen and oxygen atoms in total. The molecule has 1 aromatic carbocycles. The van der Waals surface area contributed by atoms with Crippen LogP contribution in [0.15, 0.2) is 30.3 Å². The van der Waals surface area contributed by atoms with E-state index < -0.39 is 0 Å². The normalized spacial score (nSPS) is 18.4. The topological polar surface area (TPSA) is 75.4 Å². The zero-order valence-electron chi connectivity index (χ0n) is 14.4. The Labute approximate surface area is 150 Å². The van der Waals surface area contributed by atoms with Gasteiger partial charge >= 0.3 is 0 Å². The Morgan fingerprint density at radius 1 is 1.33 bits per heavy atom. The third kappa shape index (κ3) is 5.80. The van der Waals surface area contributed by atoms with Crippen LogP contribution in [0.1, 0.15) is 32.3 Å². The fourth-order valence-electron chi connectivity index (χ4n) is 3.01. The molecule has 2 rings (SSSR count). The van der Waals surface area contributed by atoms with Crippen LogP contribution in [-0.4, -0.2) is 35.8 Å².